The Kier molecular flexibility index (Phi) is 13.7. The van der Waals surface area contributed by atoms with Crippen LogP contribution in [-0.2, 0) is 23.4 Å². The second-order valence-electron chi connectivity index (χ2n) is 13.2. The van der Waals surface area contributed by atoms with Gasteiger partial charge >= 0.3 is 6.09 Å². The van der Waals surface area contributed by atoms with E-state index in [2.05, 4.69) is 20.9 Å². The summed E-state index contributed by atoms with van der Waals surface area (Å²) in [4.78, 5) is 69.7. The number of aromatic nitrogens is 3. The molecule has 2 aromatic carbocycles. The maximum absolute atomic E-state index is 14.3. The van der Waals surface area contributed by atoms with Gasteiger partial charge in [0.25, 0.3) is 0 Å². The number of thiophene rings is 1. The van der Waals surface area contributed by atoms with Crippen LogP contribution in [0.25, 0.3) is 16.8 Å². The third-order valence-electron chi connectivity index (χ3n) is 9.03. The zero-order valence-electron chi connectivity index (χ0n) is 30.9. The van der Waals surface area contributed by atoms with Gasteiger partial charge in [-0.05, 0) is 63.1 Å². The largest absolute Gasteiger partial charge is 0.453 e. The highest BCUT2D eigenvalue weighted by Crippen LogP contribution is 2.46. The predicted molar refractivity (Wildman–Crippen MR) is 212 cm³/mol. The van der Waals surface area contributed by atoms with Crippen LogP contribution in [0.4, 0.5) is 16.2 Å². The molecule has 55 heavy (non-hydrogen) atoms. The van der Waals surface area contributed by atoms with Crippen molar-refractivity contribution in [2.24, 2.45) is 5.92 Å². The van der Waals surface area contributed by atoms with E-state index in [0.29, 0.717) is 62.2 Å². The van der Waals surface area contributed by atoms with E-state index in [1.54, 1.807) is 44.2 Å². The third-order valence-corrected chi connectivity index (χ3v) is 12.4. The second kappa shape index (κ2) is 18.0. The Morgan fingerprint density at radius 2 is 1.87 bits per heavy atom. The van der Waals surface area contributed by atoms with Crippen LogP contribution in [0.2, 0.25) is 10.2 Å². The fourth-order valence-electron chi connectivity index (χ4n) is 6.38. The minimum Gasteiger partial charge on any atom is -0.453 e. The molecule has 3 atom stereocenters. The molecule has 14 nitrogen and oxygen atoms in total. The monoisotopic (exact) mass is 830 g/mol. The van der Waals surface area contributed by atoms with Crippen LogP contribution >= 0.6 is 41.9 Å². The molecule has 1 aliphatic rings. The van der Waals surface area contributed by atoms with Crippen molar-refractivity contribution in [3.05, 3.63) is 74.2 Å². The first kappa shape index (κ1) is 41.8. The van der Waals surface area contributed by atoms with Gasteiger partial charge < -0.3 is 19.5 Å². The molecule has 3 heterocycles. The van der Waals surface area contributed by atoms with E-state index >= 15 is 0 Å². The molecule has 1 unspecified atom stereocenters. The summed E-state index contributed by atoms with van der Waals surface area (Å²) in [5.74, 6) is -1.83. The summed E-state index contributed by atoms with van der Waals surface area (Å²) in [6, 6.07) is 10.8. The van der Waals surface area contributed by atoms with Gasteiger partial charge in [0.1, 0.15) is 6.16 Å². The first-order valence-electron chi connectivity index (χ1n) is 17.5. The van der Waals surface area contributed by atoms with Crippen LogP contribution in [0.3, 0.4) is 0 Å². The van der Waals surface area contributed by atoms with E-state index in [-0.39, 0.29) is 47.8 Å². The zero-order valence-corrected chi connectivity index (χ0v) is 34.1. The Bertz CT molecular complexity index is 2170. The molecule has 0 saturated heterocycles. The lowest BCUT2D eigenvalue weighted by Gasteiger charge is -2.32. The second-order valence-corrected chi connectivity index (χ2v) is 17.7. The van der Waals surface area contributed by atoms with E-state index in [0.717, 1.165) is 0 Å². The molecule has 0 saturated carbocycles. The molecule has 0 fully saturated rings. The number of benzene rings is 2. The maximum atomic E-state index is 14.3. The molecular formula is C37H41Cl2N6O8PS. The van der Waals surface area contributed by atoms with Crippen molar-refractivity contribution in [1.29, 1.82) is 0 Å². The van der Waals surface area contributed by atoms with E-state index in [1.807, 2.05) is 6.07 Å². The third kappa shape index (κ3) is 10.3. The number of anilines is 2. The van der Waals surface area contributed by atoms with Crippen molar-refractivity contribution in [3.63, 3.8) is 0 Å². The fourth-order valence-corrected chi connectivity index (χ4v) is 9.21. The minimum absolute atomic E-state index is 0.0870. The number of ketones is 2. The summed E-state index contributed by atoms with van der Waals surface area (Å²) in [5.41, 5.74) is 2.37. The number of methoxy groups -OCH3 is 1. The summed E-state index contributed by atoms with van der Waals surface area (Å²) in [5, 5.41) is 13.8. The van der Waals surface area contributed by atoms with Gasteiger partial charge in [0, 0.05) is 57.8 Å². The number of carbonyl (C=O) groups is 5. The Balaban J connectivity index is 1.60. The van der Waals surface area contributed by atoms with Gasteiger partial charge in [-0.15, -0.1) is 16.4 Å². The Morgan fingerprint density at radius 3 is 2.55 bits per heavy atom. The highest BCUT2D eigenvalue weighted by atomic mass is 35.5. The number of hydrogen-bond acceptors (Lipinski definition) is 11. The van der Waals surface area contributed by atoms with E-state index in [9.17, 15) is 28.5 Å². The minimum atomic E-state index is -3.39. The highest BCUT2D eigenvalue weighted by molar-refractivity contribution is 7.59. The number of halogens is 2. The van der Waals surface area contributed by atoms with Gasteiger partial charge in [-0.3, -0.25) is 29.1 Å². The van der Waals surface area contributed by atoms with Crippen LogP contribution in [0, 0.1) is 5.92 Å². The summed E-state index contributed by atoms with van der Waals surface area (Å²) >= 11 is 13.6. The molecule has 0 radical (unpaired) electrons. The maximum Gasteiger partial charge on any atom is 0.411 e. The Hall–Kier alpha value is -4.40. The smallest absolute Gasteiger partial charge is 0.411 e. The van der Waals surface area contributed by atoms with Gasteiger partial charge in [0.2, 0.25) is 19.2 Å². The van der Waals surface area contributed by atoms with Crippen LogP contribution in [0.5, 0.6) is 0 Å². The van der Waals surface area contributed by atoms with Crippen molar-refractivity contribution >= 4 is 82.8 Å². The van der Waals surface area contributed by atoms with Crippen molar-refractivity contribution in [1.82, 2.24) is 19.9 Å². The van der Waals surface area contributed by atoms with E-state index in [1.165, 1.54) is 53.9 Å². The lowest BCUT2D eigenvalue weighted by molar-refractivity contribution is -0.131. The SMILES string of the molecule is CCOP(C)(=O)CC(=O)N(CCC(=O)c1cc(Cl)ccc1-n1cc(Cl)nn1)[C@H]1CCC[C@@H](C)C(=O)Nc2cc(NC(=O)OC)ccc2-c2cc1sc2C(C)=O. The van der Waals surface area contributed by atoms with Gasteiger partial charge in [-0.2, -0.15) is 0 Å². The Labute approximate surface area is 332 Å². The molecule has 0 aliphatic carbocycles. The van der Waals surface area contributed by atoms with Crippen molar-refractivity contribution in [2.75, 3.05) is 43.7 Å². The van der Waals surface area contributed by atoms with Gasteiger partial charge in [0.05, 0.1) is 42.2 Å². The van der Waals surface area contributed by atoms with E-state index < -0.39 is 37.5 Å². The quantitative estimate of drug-likeness (QED) is 0.104. The molecule has 3 amide bonds. The summed E-state index contributed by atoms with van der Waals surface area (Å²) in [6.45, 7) is 6.36. The number of rotatable bonds is 12. The first-order chi connectivity index (χ1) is 26.1. The predicted octanol–water partition coefficient (Wildman–Crippen LogP) is 8.53. The van der Waals surface area contributed by atoms with Gasteiger partial charge in [-0.1, -0.05) is 47.8 Å². The van der Waals surface area contributed by atoms with Crippen LogP contribution in [0.15, 0.2) is 48.7 Å². The number of amides is 3. The molecule has 18 heteroatoms. The van der Waals surface area contributed by atoms with Gasteiger partial charge in [0.15, 0.2) is 16.7 Å². The topological polar surface area (TPSA) is 179 Å². The van der Waals surface area contributed by atoms with Crippen molar-refractivity contribution in [3.8, 4) is 16.8 Å². The number of hydrogen-bond donors (Lipinski definition) is 2. The number of fused-ring (bicyclic) bond motifs is 4. The average Bonchev–Trinajstić information content (AvgIpc) is 3.77. The number of Topliss-reactive ketones (excluding diaryl/α,β-unsaturated/α-hetero) is 2. The van der Waals surface area contributed by atoms with E-state index in [4.69, 9.17) is 32.5 Å². The Morgan fingerprint density at radius 1 is 1.11 bits per heavy atom. The molecule has 4 aromatic rings. The van der Waals surface area contributed by atoms with Crippen molar-refractivity contribution < 1.29 is 37.8 Å². The summed E-state index contributed by atoms with van der Waals surface area (Å²) in [7, 11) is -2.16. The summed E-state index contributed by atoms with van der Waals surface area (Å²) < 4.78 is 25.0. The van der Waals surface area contributed by atoms with Crippen LogP contribution in [-0.4, -0.2) is 82.5 Å². The van der Waals surface area contributed by atoms with Crippen molar-refractivity contribution in [2.45, 2.75) is 52.5 Å². The van der Waals surface area contributed by atoms with Crippen LogP contribution < -0.4 is 10.6 Å². The lowest BCUT2D eigenvalue weighted by atomic mass is 9.95. The average molecular weight is 832 g/mol. The number of nitrogens with zero attached hydrogens (tertiary/aromatic N) is 4. The molecule has 5 rings (SSSR count). The number of nitrogens with one attached hydrogen (secondary N) is 2. The fraction of sp³-hybridized carbons (Fsp3) is 0.378. The lowest BCUT2D eigenvalue weighted by Crippen LogP contribution is -2.38. The highest BCUT2D eigenvalue weighted by Gasteiger charge is 2.34. The molecule has 292 valence electrons. The molecule has 0 spiro atoms. The number of ether oxygens (including phenoxy) is 1. The van der Waals surface area contributed by atoms with Crippen LogP contribution in [0.1, 0.15) is 77.4 Å². The zero-order chi connectivity index (χ0) is 40.0. The summed E-state index contributed by atoms with van der Waals surface area (Å²) in [6.07, 6.45) is 1.47. The van der Waals surface area contributed by atoms with Gasteiger partial charge in [-0.25, -0.2) is 9.48 Å². The molecule has 2 N–H and O–H groups in total. The molecule has 1 aliphatic heterocycles. The first-order valence-corrected chi connectivity index (χ1v) is 21.3. The standard InChI is InChI=1S/C37H41Cl2N6O8PS/c1-6-53-54(5,51)20-34(48)44(15-14-31(47)27-16-23(38)10-13-29(27)45-19-33(39)42-43-45)30-9-7-8-21(2)36(49)41-28-17-24(40-37(50)52-4)11-12-25(28)26-18-32(30)55-35(26)22(3)46/h10-13,16-19,21,30H,6-9,14-15,20H2,1-5H3,(H,40,50)(H,41,49)/t21-,30+,54?/m1/s1. The normalized spacial score (nSPS) is 16.7. The molecule has 2 aromatic heterocycles. The molecule has 2 bridgehead atoms. The number of carbonyl (C=O) groups excluding carboxylic acids is 5. The molecular weight excluding hydrogens is 790 g/mol.